The number of nitro groups is 1. The Hall–Kier alpha value is -5.69. The van der Waals surface area contributed by atoms with Gasteiger partial charge in [0, 0.05) is 29.5 Å². The Morgan fingerprint density at radius 3 is 2.38 bits per heavy atom. The van der Waals surface area contributed by atoms with Crippen LogP contribution in [0.5, 0.6) is 11.5 Å². The molecule has 5 rings (SSSR count). The van der Waals surface area contributed by atoms with Crippen LogP contribution in [0.1, 0.15) is 5.56 Å². The Kier molecular flexibility index (Phi) is 7.84. The van der Waals surface area contributed by atoms with Crippen molar-refractivity contribution >= 4 is 33.3 Å². The molecule has 0 spiro atoms. The number of phenolic OH excluding ortho intramolecular Hbond substituents is 1. The van der Waals surface area contributed by atoms with Gasteiger partial charge >= 0.3 is 0 Å². The van der Waals surface area contributed by atoms with Gasteiger partial charge < -0.3 is 9.84 Å². The van der Waals surface area contributed by atoms with E-state index < -0.39 is 25.5 Å². The number of nitrogens with zero attached hydrogens (tertiary/aromatic N) is 4. The Morgan fingerprint density at radius 1 is 0.976 bits per heavy atom. The van der Waals surface area contributed by atoms with Gasteiger partial charge in [-0.25, -0.2) is 13.1 Å². The Labute approximate surface area is 240 Å². The summed E-state index contributed by atoms with van der Waals surface area (Å²) in [6, 6.07) is 25.8. The zero-order valence-electron chi connectivity index (χ0n) is 22.1. The van der Waals surface area contributed by atoms with Crippen LogP contribution in [0, 0.1) is 10.1 Å². The fourth-order valence-corrected chi connectivity index (χ4v) is 5.29. The number of aromatic hydroxyl groups is 1. The quantitative estimate of drug-likeness (QED) is 0.0850. The smallest absolute Gasteiger partial charge is 0.270 e. The second-order valence-corrected chi connectivity index (χ2v) is 10.5. The van der Waals surface area contributed by atoms with Crippen LogP contribution in [-0.4, -0.2) is 41.6 Å². The van der Waals surface area contributed by atoms with Gasteiger partial charge in [-0.1, -0.05) is 30.3 Å². The molecule has 0 amide bonds. The van der Waals surface area contributed by atoms with E-state index in [4.69, 9.17) is 9.84 Å². The number of hydrazone groups is 1. The second kappa shape index (κ2) is 11.8. The van der Waals surface area contributed by atoms with Gasteiger partial charge in [-0.05, 0) is 54.6 Å². The maximum absolute atomic E-state index is 13.3. The number of nitrogens with one attached hydrogen (secondary N) is 2. The van der Waals surface area contributed by atoms with E-state index in [0.717, 1.165) is 23.4 Å². The molecule has 0 radical (unpaired) electrons. The fourth-order valence-electron chi connectivity index (χ4n) is 4.04. The lowest BCUT2D eigenvalue weighted by molar-refractivity contribution is -0.385. The first-order valence-corrected chi connectivity index (χ1v) is 13.9. The molecule has 0 unspecified atom stereocenters. The molecule has 13 heteroatoms. The molecular weight excluding hydrogens is 560 g/mol. The number of methoxy groups -OCH3 is 1. The number of nitro benzene ring substituents is 1. The standard InChI is InChI=1S/C29H24N6O6S/c1-41-24-14-11-20(12-15-24)29-21(19-34(32-29)22-7-3-2-4-8-22)18-30-31-26-16-13-23(35(37)38)17-28(26)42(39,40)33-25-9-5-6-10-27(25)36/h2-19,31,33,36H,1H3/b30-18+. The zero-order valence-corrected chi connectivity index (χ0v) is 22.9. The van der Waals surface area contributed by atoms with Gasteiger partial charge in [0.15, 0.2) is 0 Å². The summed E-state index contributed by atoms with van der Waals surface area (Å²) >= 11 is 0. The highest BCUT2D eigenvalue weighted by atomic mass is 32.2. The third kappa shape index (κ3) is 6.05. The van der Waals surface area contributed by atoms with Crippen molar-refractivity contribution in [2.75, 3.05) is 17.3 Å². The Morgan fingerprint density at radius 2 is 1.69 bits per heavy atom. The molecule has 212 valence electrons. The number of ether oxygens (including phenoxy) is 1. The van der Waals surface area contributed by atoms with Crippen LogP contribution in [0.25, 0.3) is 16.9 Å². The van der Waals surface area contributed by atoms with Gasteiger partial charge in [0.05, 0.1) is 35.3 Å². The van der Waals surface area contributed by atoms with Crippen LogP contribution in [0.4, 0.5) is 17.1 Å². The fraction of sp³-hybridized carbons (Fsp3) is 0.0345. The summed E-state index contributed by atoms with van der Waals surface area (Å²) in [6.45, 7) is 0. The van der Waals surface area contributed by atoms with Crippen LogP contribution in [-0.2, 0) is 10.0 Å². The number of para-hydroxylation sites is 3. The van der Waals surface area contributed by atoms with Crippen molar-refractivity contribution in [1.82, 2.24) is 9.78 Å². The maximum atomic E-state index is 13.3. The minimum Gasteiger partial charge on any atom is -0.506 e. The number of hydrogen-bond acceptors (Lipinski definition) is 9. The summed E-state index contributed by atoms with van der Waals surface area (Å²) in [7, 11) is -2.81. The molecule has 12 nitrogen and oxygen atoms in total. The molecule has 0 bridgehead atoms. The molecule has 42 heavy (non-hydrogen) atoms. The largest absolute Gasteiger partial charge is 0.506 e. The molecule has 1 aromatic heterocycles. The monoisotopic (exact) mass is 584 g/mol. The number of aromatic nitrogens is 2. The number of phenols is 1. The number of hydrogen-bond donors (Lipinski definition) is 3. The van der Waals surface area contributed by atoms with E-state index in [2.05, 4.69) is 15.2 Å². The summed E-state index contributed by atoms with van der Waals surface area (Å²) in [5.41, 5.74) is 4.95. The van der Waals surface area contributed by atoms with Crippen LogP contribution < -0.4 is 14.9 Å². The van der Waals surface area contributed by atoms with Crippen molar-refractivity contribution in [3.8, 4) is 28.4 Å². The molecule has 5 aromatic rings. The molecular formula is C29H24N6O6S. The van der Waals surface area contributed by atoms with Crippen LogP contribution in [0.3, 0.4) is 0 Å². The highest BCUT2D eigenvalue weighted by Crippen LogP contribution is 2.31. The summed E-state index contributed by atoms with van der Waals surface area (Å²) < 4.78 is 35.8. The molecule has 0 aliphatic rings. The summed E-state index contributed by atoms with van der Waals surface area (Å²) in [5.74, 6) is 0.378. The Balaban J connectivity index is 1.50. The first-order valence-electron chi connectivity index (χ1n) is 12.4. The average molecular weight is 585 g/mol. The number of anilines is 2. The summed E-state index contributed by atoms with van der Waals surface area (Å²) in [5, 5.41) is 30.4. The third-order valence-electron chi connectivity index (χ3n) is 6.13. The third-order valence-corrected chi connectivity index (χ3v) is 7.53. The van der Waals surface area contributed by atoms with Gasteiger partial charge in [0.2, 0.25) is 0 Å². The summed E-state index contributed by atoms with van der Waals surface area (Å²) in [6.07, 6.45) is 3.24. The van der Waals surface area contributed by atoms with Gasteiger partial charge in [-0.3, -0.25) is 20.3 Å². The van der Waals surface area contributed by atoms with Gasteiger partial charge in [0.1, 0.15) is 22.1 Å². The SMILES string of the molecule is COc1ccc(-c2nn(-c3ccccc3)cc2/C=N/Nc2ccc([N+](=O)[O-])cc2S(=O)(=O)Nc2ccccc2O)cc1. The first-order chi connectivity index (χ1) is 20.2. The molecule has 0 saturated heterocycles. The minimum atomic E-state index is -4.39. The molecule has 0 fully saturated rings. The van der Waals surface area contributed by atoms with Crippen molar-refractivity contribution in [2.45, 2.75) is 4.90 Å². The predicted molar refractivity (Wildman–Crippen MR) is 159 cm³/mol. The van der Waals surface area contributed by atoms with Crippen LogP contribution in [0.2, 0.25) is 0 Å². The molecule has 0 atom stereocenters. The average Bonchev–Trinajstić information content (AvgIpc) is 3.43. The first kappa shape index (κ1) is 27.9. The van der Waals surface area contributed by atoms with Gasteiger partial charge in [0.25, 0.3) is 15.7 Å². The maximum Gasteiger partial charge on any atom is 0.270 e. The molecule has 0 saturated carbocycles. The van der Waals surface area contributed by atoms with Crippen LogP contribution >= 0.6 is 0 Å². The number of non-ortho nitro benzene ring substituents is 1. The van der Waals surface area contributed by atoms with Crippen molar-refractivity contribution in [3.05, 3.63) is 119 Å². The molecule has 3 N–H and O–H groups in total. The van der Waals surface area contributed by atoms with Crippen molar-refractivity contribution in [3.63, 3.8) is 0 Å². The van der Waals surface area contributed by atoms with E-state index in [9.17, 15) is 23.6 Å². The number of benzene rings is 4. The second-order valence-electron chi connectivity index (χ2n) is 8.87. The van der Waals surface area contributed by atoms with Gasteiger partial charge in [-0.15, -0.1) is 0 Å². The normalized spacial score (nSPS) is 11.4. The number of rotatable bonds is 10. The Bertz CT molecular complexity index is 1870. The lowest BCUT2D eigenvalue weighted by Gasteiger charge is -2.12. The van der Waals surface area contributed by atoms with E-state index in [1.54, 1.807) is 18.0 Å². The van der Waals surface area contributed by atoms with Crippen molar-refractivity contribution in [2.24, 2.45) is 5.10 Å². The molecule has 0 aliphatic carbocycles. The van der Waals surface area contributed by atoms with E-state index in [0.29, 0.717) is 17.0 Å². The van der Waals surface area contributed by atoms with E-state index >= 15 is 0 Å². The zero-order chi connectivity index (χ0) is 29.7. The van der Waals surface area contributed by atoms with E-state index in [1.807, 2.05) is 54.6 Å². The van der Waals surface area contributed by atoms with Crippen LogP contribution in [0.15, 0.2) is 113 Å². The molecule has 1 heterocycles. The molecule has 0 aliphatic heterocycles. The van der Waals surface area contributed by atoms with Crippen molar-refractivity contribution in [1.29, 1.82) is 0 Å². The predicted octanol–water partition coefficient (Wildman–Crippen LogP) is 5.41. The van der Waals surface area contributed by atoms with E-state index in [1.165, 1.54) is 36.5 Å². The lowest BCUT2D eigenvalue weighted by Crippen LogP contribution is -2.15. The van der Waals surface area contributed by atoms with Gasteiger partial charge in [-0.2, -0.15) is 10.2 Å². The topological polar surface area (TPSA) is 161 Å². The van der Waals surface area contributed by atoms with E-state index in [-0.39, 0.29) is 17.1 Å². The minimum absolute atomic E-state index is 0.0266. The highest BCUT2D eigenvalue weighted by Gasteiger charge is 2.23. The lowest BCUT2D eigenvalue weighted by atomic mass is 10.1. The number of sulfonamides is 1. The van der Waals surface area contributed by atoms with Crippen molar-refractivity contribution < 1.29 is 23.2 Å². The summed E-state index contributed by atoms with van der Waals surface area (Å²) in [4.78, 5) is 10.3. The molecule has 4 aromatic carbocycles. The highest BCUT2D eigenvalue weighted by molar-refractivity contribution is 7.93.